The molecule has 0 saturated carbocycles. The Balaban J connectivity index is 1.54. The number of non-ortho nitro benzene ring substituents is 1. The number of β-lactam (4-membered cyclic amide) rings is 1. The van der Waals surface area contributed by atoms with Crippen LogP contribution in [0.1, 0.15) is 27.7 Å². The van der Waals surface area contributed by atoms with Gasteiger partial charge in [0.25, 0.3) is 11.6 Å². The molecule has 1 saturated heterocycles. The lowest BCUT2D eigenvalue weighted by Crippen LogP contribution is -2.67. The zero-order valence-corrected chi connectivity index (χ0v) is 17.7. The van der Waals surface area contributed by atoms with Crippen molar-refractivity contribution >= 4 is 46.3 Å². The van der Waals surface area contributed by atoms with Gasteiger partial charge in [-0.3, -0.25) is 19.8 Å². The molecule has 1 fully saturated rings. The normalized spacial score (nSPS) is 21.3. The number of nitrogens with one attached hydrogen (secondary N) is 2. The third kappa shape index (κ3) is 3.49. The Kier molecular flexibility index (Phi) is 4.72. The van der Waals surface area contributed by atoms with Crippen LogP contribution in [0.5, 0.6) is 0 Å². The van der Waals surface area contributed by atoms with Crippen LogP contribution in [0.4, 0.5) is 11.6 Å². The molecule has 30 heavy (non-hydrogen) atoms. The first kappa shape index (κ1) is 20.2. The summed E-state index contributed by atoms with van der Waals surface area (Å²) >= 11 is 1.55. The number of esters is 1. The Bertz CT molecular complexity index is 1100. The van der Waals surface area contributed by atoms with Gasteiger partial charge in [-0.2, -0.15) is 0 Å². The summed E-state index contributed by atoms with van der Waals surface area (Å²) in [6.07, 6.45) is 0. The predicted octanol–water partition coefficient (Wildman–Crippen LogP) is 2.78. The second-order valence-electron chi connectivity index (χ2n) is 8.21. The maximum absolute atomic E-state index is 12.9. The monoisotopic (exact) mass is 431 g/mol. The van der Waals surface area contributed by atoms with E-state index in [1.54, 1.807) is 38.6 Å². The zero-order valence-electron chi connectivity index (χ0n) is 16.9. The smallest absolute Gasteiger partial charge is 0.355 e. The molecule has 1 amide bonds. The molecule has 2 aliphatic rings. The average Bonchev–Trinajstić information content (AvgIpc) is 3.06. The number of ether oxygens (including phenoxy) is 1. The number of imidazole rings is 1. The second kappa shape index (κ2) is 7.01. The van der Waals surface area contributed by atoms with Crippen LogP contribution in [0.25, 0.3) is 11.0 Å². The number of thioether (sulfide) groups is 1. The number of amides is 1. The van der Waals surface area contributed by atoms with Crippen LogP contribution < -0.4 is 5.32 Å². The third-order valence-electron chi connectivity index (χ3n) is 4.72. The first-order valence-corrected chi connectivity index (χ1v) is 10.4. The lowest BCUT2D eigenvalue weighted by molar-refractivity contribution is -0.384. The Hall–Kier alpha value is -3.08. The Morgan fingerprint density at radius 3 is 2.83 bits per heavy atom. The number of aromatic amines is 1. The number of benzene rings is 1. The molecular weight excluding hydrogens is 410 g/mol. The van der Waals surface area contributed by atoms with Gasteiger partial charge < -0.3 is 15.0 Å². The van der Waals surface area contributed by atoms with Crippen molar-refractivity contribution in [2.75, 3.05) is 11.1 Å². The van der Waals surface area contributed by atoms with E-state index < -0.39 is 22.5 Å². The molecule has 11 heteroatoms. The van der Waals surface area contributed by atoms with Crippen molar-refractivity contribution in [3.8, 4) is 0 Å². The molecule has 0 spiro atoms. The minimum atomic E-state index is -0.660. The summed E-state index contributed by atoms with van der Waals surface area (Å²) in [6.45, 7) is 7.17. The number of rotatable bonds is 4. The van der Waals surface area contributed by atoms with E-state index >= 15 is 0 Å². The standard InChI is InChI=1S/C19H21N5O5S/c1-9-8-30-16-13(15(25)23(16)14(9)17(26)29-19(2,3)4)22-18-20-11-6-5-10(24(27)28)7-12(11)21-18/h5-7,13,16H,8H2,1-4H3,(H2,20,21,22)/t13?,16-/m0/s1. The molecule has 2 N–H and O–H groups in total. The number of anilines is 1. The third-order valence-corrected chi connectivity index (χ3v) is 6.14. The Morgan fingerprint density at radius 1 is 1.43 bits per heavy atom. The van der Waals surface area contributed by atoms with Crippen LogP contribution in [-0.2, 0) is 14.3 Å². The topological polar surface area (TPSA) is 130 Å². The number of H-pyrrole nitrogens is 1. The number of carbonyl (C=O) groups excluding carboxylic acids is 2. The lowest BCUT2D eigenvalue weighted by Gasteiger charge is -2.49. The summed E-state index contributed by atoms with van der Waals surface area (Å²) in [5.41, 5.74) is 1.44. The molecule has 4 rings (SSSR count). The van der Waals surface area contributed by atoms with E-state index in [0.717, 1.165) is 5.57 Å². The molecule has 0 aliphatic carbocycles. The van der Waals surface area contributed by atoms with E-state index in [9.17, 15) is 19.7 Å². The molecule has 1 aromatic carbocycles. The first-order valence-electron chi connectivity index (χ1n) is 9.33. The molecule has 1 unspecified atom stereocenters. The van der Waals surface area contributed by atoms with Crippen molar-refractivity contribution in [3.63, 3.8) is 0 Å². The average molecular weight is 431 g/mol. The van der Waals surface area contributed by atoms with Gasteiger partial charge in [-0.05, 0) is 39.3 Å². The highest BCUT2D eigenvalue weighted by Gasteiger charge is 2.54. The van der Waals surface area contributed by atoms with E-state index in [1.807, 2.05) is 6.92 Å². The number of hydrogen-bond acceptors (Lipinski definition) is 8. The summed E-state index contributed by atoms with van der Waals surface area (Å²) in [5.74, 6) is 0.189. The highest BCUT2D eigenvalue weighted by atomic mass is 32.2. The van der Waals surface area contributed by atoms with Crippen molar-refractivity contribution in [1.29, 1.82) is 0 Å². The van der Waals surface area contributed by atoms with Crippen LogP contribution in [0.15, 0.2) is 29.5 Å². The number of aromatic nitrogens is 2. The highest BCUT2D eigenvalue weighted by molar-refractivity contribution is 8.00. The minimum absolute atomic E-state index is 0.0472. The number of carbonyl (C=O) groups is 2. The highest BCUT2D eigenvalue weighted by Crippen LogP contribution is 2.41. The van der Waals surface area contributed by atoms with E-state index in [0.29, 0.717) is 28.4 Å². The molecule has 0 radical (unpaired) electrons. The molecule has 2 atom stereocenters. The van der Waals surface area contributed by atoms with Crippen molar-refractivity contribution < 1.29 is 19.2 Å². The SMILES string of the molecule is CC1=C(C(=O)OC(C)(C)C)N2C(=O)C(Nc3nc4ccc([N+](=O)[O-])cc4[nH]3)[C@@H]2SC1. The zero-order chi connectivity index (χ0) is 21.8. The first-order chi connectivity index (χ1) is 14.0. The van der Waals surface area contributed by atoms with E-state index in [4.69, 9.17) is 4.74 Å². The Labute approximate surface area is 176 Å². The fourth-order valence-corrected chi connectivity index (χ4v) is 4.71. The fourth-order valence-electron chi connectivity index (χ4n) is 3.42. The van der Waals surface area contributed by atoms with E-state index in [2.05, 4.69) is 15.3 Å². The van der Waals surface area contributed by atoms with E-state index in [1.165, 1.54) is 17.0 Å². The van der Waals surface area contributed by atoms with Gasteiger partial charge in [-0.25, -0.2) is 9.78 Å². The number of nitro groups is 1. The van der Waals surface area contributed by atoms with E-state index in [-0.39, 0.29) is 17.0 Å². The molecule has 1 aromatic heterocycles. The van der Waals surface area contributed by atoms with Crippen LogP contribution in [-0.4, -0.2) is 54.4 Å². The quantitative estimate of drug-likeness (QED) is 0.327. The Morgan fingerprint density at radius 2 is 2.17 bits per heavy atom. The van der Waals surface area contributed by atoms with Crippen LogP contribution in [0.3, 0.4) is 0 Å². The van der Waals surface area contributed by atoms with Crippen molar-refractivity contribution in [1.82, 2.24) is 14.9 Å². The molecule has 2 aromatic rings. The maximum atomic E-state index is 12.9. The van der Waals surface area contributed by atoms with Crippen LogP contribution in [0, 0.1) is 10.1 Å². The van der Waals surface area contributed by atoms with Gasteiger partial charge in [0.2, 0.25) is 5.95 Å². The van der Waals surface area contributed by atoms with Gasteiger partial charge in [0.15, 0.2) is 0 Å². The second-order valence-corrected chi connectivity index (χ2v) is 9.31. The van der Waals surface area contributed by atoms with Gasteiger partial charge in [-0.15, -0.1) is 11.8 Å². The lowest BCUT2D eigenvalue weighted by atomic mass is 10.0. The maximum Gasteiger partial charge on any atom is 0.355 e. The van der Waals surface area contributed by atoms with Gasteiger partial charge in [-0.1, -0.05) is 0 Å². The molecule has 10 nitrogen and oxygen atoms in total. The number of nitro benzene ring substituents is 1. The molecule has 2 aliphatic heterocycles. The summed E-state index contributed by atoms with van der Waals surface area (Å²) in [4.78, 5) is 44.8. The largest absolute Gasteiger partial charge is 0.455 e. The van der Waals surface area contributed by atoms with Crippen molar-refractivity contribution in [3.05, 3.63) is 39.6 Å². The van der Waals surface area contributed by atoms with Crippen molar-refractivity contribution in [2.24, 2.45) is 0 Å². The van der Waals surface area contributed by atoms with Crippen molar-refractivity contribution in [2.45, 2.75) is 44.7 Å². The van der Waals surface area contributed by atoms with Gasteiger partial charge in [0, 0.05) is 17.9 Å². The summed E-state index contributed by atoms with van der Waals surface area (Å²) in [5, 5.41) is 13.7. The van der Waals surface area contributed by atoms with Crippen LogP contribution in [0.2, 0.25) is 0 Å². The predicted molar refractivity (Wildman–Crippen MR) is 112 cm³/mol. The summed E-state index contributed by atoms with van der Waals surface area (Å²) in [7, 11) is 0. The number of fused-ring (bicyclic) bond motifs is 2. The number of hydrogen-bond donors (Lipinski definition) is 2. The molecule has 0 bridgehead atoms. The minimum Gasteiger partial charge on any atom is -0.455 e. The van der Waals surface area contributed by atoms with Gasteiger partial charge >= 0.3 is 5.97 Å². The molecule has 3 heterocycles. The summed E-state index contributed by atoms with van der Waals surface area (Å²) in [6, 6.07) is 3.74. The number of nitrogens with zero attached hydrogens (tertiary/aromatic N) is 3. The van der Waals surface area contributed by atoms with Crippen LogP contribution >= 0.6 is 11.8 Å². The fraction of sp³-hybridized carbons (Fsp3) is 0.421. The van der Waals surface area contributed by atoms with Gasteiger partial charge in [0.05, 0.1) is 16.0 Å². The molecular formula is C19H21N5O5S. The summed E-state index contributed by atoms with van der Waals surface area (Å²) < 4.78 is 5.48. The van der Waals surface area contributed by atoms with Gasteiger partial charge in [0.1, 0.15) is 22.7 Å². The molecule has 158 valence electrons.